The lowest BCUT2D eigenvalue weighted by molar-refractivity contribution is -0.133. The van der Waals surface area contributed by atoms with Gasteiger partial charge in [-0.1, -0.05) is 18.2 Å². The highest BCUT2D eigenvalue weighted by atomic mass is 19.1. The van der Waals surface area contributed by atoms with E-state index in [1.807, 2.05) is 17.9 Å². The van der Waals surface area contributed by atoms with Crippen LogP contribution in [-0.2, 0) is 9.53 Å². The van der Waals surface area contributed by atoms with E-state index in [1.54, 1.807) is 12.1 Å². The second kappa shape index (κ2) is 4.78. The average molecular weight is 290 g/mol. The van der Waals surface area contributed by atoms with Crippen LogP contribution in [0.25, 0.3) is 0 Å². The smallest absolute Gasteiger partial charge is 0.241 e. The highest BCUT2D eigenvalue weighted by Crippen LogP contribution is 2.41. The number of hydrogen-bond acceptors (Lipinski definition) is 3. The van der Waals surface area contributed by atoms with Gasteiger partial charge in [0.2, 0.25) is 5.91 Å². The molecule has 3 aliphatic rings. The molecule has 1 aromatic carbocycles. The van der Waals surface area contributed by atoms with Crippen molar-refractivity contribution < 1.29 is 13.9 Å². The van der Waals surface area contributed by atoms with Gasteiger partial charge in [0, 0.05) is 5.56 Å². The minimum absolute atomic E-state index is 0.0457. The van der Waals surface area contributed by atoms with E-state index in [-0.39, 0.29) is 42.2 Å². The number of nitrogens with one attached hydrogen (secondary N) is 1. The van der Waals surface area contributed by atoms with Gasteiger partial charge in [-0.25, -0.2) is 4.39 Å². The minimum atomic E-state index is -0.387. The predicted octanol–water partition coefficient (Wildman–Crippen LogP) is 1.96. The van der Waals surface area contributed by atoms with Crippen molar-refractivity contribution in [3.05, 3.63) is 35.6 Å². The number of carbonyl (C=O) groups excluding carboxylic acids is 1. The van der Waals surface area contributed by atoms with Gasteiger partial charge in [-0.05, 0) is 32.3 Å². The predicted molar refractivity (Wildman–Crippen MR) is 74.9 cm³/mol. The lowest BCUT2D eigenvalue weighted by atomic mass is 9.93. The number of ether oxygens (including phenoxy) is 1. The van der Waals surface area contributed by atoms with Gasteiger partial charge in [-0.2, -0.15) is 0 Å². The lowest BCUT2D eigenvalue weighted by Gasteiger charge is -2.34. The Morgan fingerprint density at radius 1 is 1.33 bits per heavy atom. The Morgan fingerprint density at radius 3 is 2.81 bits per heavy atom. The fraction of sp³-hybridized carbons (Fsp3) is 0.562. The molecule has 3 fully saturated rings. The minimum Gasteiger partial charge on any atom is -0.373 e. The average Bonchev–Trinajstić information content (AvgIpc) is 3.15. The van der Waals surface area contributed by atoms with Crippen LogP contribution in [0.15, 0.2) is 24.3 Å². The van der Waals surface area contributed by atoms with Crippen LogP contribution in [0.3, 0.4) is 0 Å². The summed E-state index contributed by atoms with van der Waals surface area (Å²) in [6.45, 7) is 1.84. The van der Waals surface area contributed by atoms with Crippen LogP contribution in [0, 0.1) is 5.82 Å². The van der Waals surface area contributed by atoms with Crippen molar-refractivity contribution in [1.82, 2.24) is 10.2 Å². The van der Waals surface area contributed by atoms with Gasteiger partial charge < -0.3 is 9.64 Å². The maximum Gasteiger partial charge on any atom is 0.241 e. The summed E-state index contributed by atoms with van der Waals surface area (Å²) in [5.41, 5.74) is 0.540. The van der Waals surface area contributed by atoms with E-state index < -0.39 is 0 Å². The zero-order chi connectivity index (χ0) is 14.6. The Hall–Kier alpha value is -1.46. The first-order chi connectivity index (χ1) is 10.1. The zero-order valence-electron chi connectivity index (χ0n) is 12.0. The van der Waals surface area contributed by atoms with E-state index in [0.29, 0.717) is 5.56 Å². The summed E-state index contributed by atoms with van der Waals surface area (Å²) in [5, 5.41) is 3.23. The molecule has 3 heterocycles. The molecule has 3 saturated heterocycles. The molecule has 0 aromatic heterocycles. The molecule has 1 N–H and O–H groups in total. The summed E-state index contributed by atoms with van der Waals surface area (Å²) >= 11 is 0. The Balaban J connectivity index is 1.69. The van der Waals surface area contributed by atoms with Crippen LogP contribution in [0.4, 0.5) is 4.39 Å². The molecule has 0 aliphatic carbocycles. The van der Waals surface area contributed by atoms with E-state index in [2.05, 4.69) is 5.32 Å². The summed E-state index contributed by atoms with van der Waals surface area (Å²) in [5.74, 6) is -0.227. The Morgan fingerprint density at radius 2 is 2.14 bits per heavy atom. The molecular weight excluding hydrogens is 271 g/mol. The molecule has 5 heteroatoms. The summed E-state index contributed by atoms with van der Waals surface area (Å²) in [6.07, 6.45) is 2.94. The molecule has 3 aliphatic heterocycles. The molecule has 4 nitrogen and oxygen atoms in total. The number of carbonyl (C=O) groups is 1. The fourth-order valence-electron chi connectivity index (χ4n) is 3.93. The monoisotopic (exact) mass is 290 g/mol. The maximum absolute atomic E-state index is 14.1. The van der Waals surface area contributed by atoms with Crippen molar-refractivity contribution in [3.8, 4) is 0 Å². The van der Waals surface area contributed by atoms with Crippen molar-refractivity contribution in [1.29, 1.82) is 0 Å². The molecule has 0 spiro atoms. The summed E-state index contributed by atoms with van der Waals surface area (Å²) in [7, 11) is 0. The van der Waals surface area contributed by atoms with E-state index >= 15 is 0 Å². The number of benzene rings is 1. The van der Waals surface area contributed by atoms with Gasteiger partial charge in [0.15, 0.2) is 0 Å². The lowest BCUT2D eigenvalue weighted by Crippen LogP contribution is -2.45. The first kappa shape index (κ1) is 13.2. The Labute approximate surface area is 123 Å². The van der Waals surface area contributed by atoms with Crippen LogP contribution in [0.2, 0.25) is 0 Å². The van der Waals surface area contributed by atoms with Gasteiger partial charge >= 0.3 is 0 Å². The van der Waals surface area contributed by atoms with Crippen molar-refractivity contribution >= 4 is 5.91 Å². The Bertz CT molecular complexity index is 579. The number of fused-ring (bicyclic) bond motifs is 2. The zero-order valence-corrected chi connectivity index (χ0v) is 12.0. The number of hydrogen-bond donors (Lipinski definition) is 1. The Kier molecular flexibility index (Phi) is 3.01. The summed E-state index contributed by atoms with van der Waals surface area (Å²) < 4.78 is 20.0. The second-order valence-corrected chi connectivity index (χ2v) is 6.23. The molecule has 2 bridgehead atoms. The van der Waals surface area contributed by atoms with Crippen molar-refractivity contribution in [2.75, 3.05) is 0 Å². The van der Waals surface area contributed by atoms with Gasteiger partial charge in [0.05, 0.1) is 24.3 Å². The van der Waals surface area contributed by atoms with Crippen LogP contribution >= 0.6 is 0 Å². The third-order valence-electron chi connectivity index (χ3n) is 4.94. The molecule has 0 radical (unpaired) electrons. The summed E-state index contributed by atoms with van der Waals surface area (Å²) in [6, 6.07) is 6.46. The molecular formula is C16H19FN2O2. The molecule has 1 aromatic rings. The molecule has 0 saturated carbocycles. The molecule has 5 unspecified atom stereocenters. The molecule has 112 valence electrons. The molecule has 4 rings (SSSR count). The van der Waals surface area contributed by atoms with Crippen LogP contribution in [0.5, 0.6) is 0 Å². The number of rotatable bonds is 2. The van der Waals surface area contributed by atoms with E-state index in [1.165, 1.54) is 6.07 Å². The second-order valence-electron chi connectivity index (χ2n) is 6.23. The fourth-order valence-corrected chi connectivity index (χ4v) is 3.93. The van der Waals surface area contributed by atoms with Crippen molar-refractivity contribution in [2.24, 2.45) is 0 Å². The third-order valence-corrected chi connectivity index (χ3v) is 4.94. The first-order valence-corrected chi connectivity index (χ1v) is 7.63. The van der Waals surface area contributed by atoms with E-state index in [0.717, 1.165) is 19.3 Å². The largest absolute Gasteiger partial charge is 0.373 e. The first-order valence-electron chi connectivity index (χ1n) is 7.63. The normalized spacial score (nSPS) is 38.5. The number of amides is 1. The SMILES string of the molecule is CC1NC(c2ccccc2F)N(C2CC3CCC2O3)C1=O. The number of nitrogens with zero attached hydrogens (tertiary/aromatic N) is 1. The van der Waals surface area contributed by atoms with Gasteiger partial charge in [0.1, 0.15) is 12.0 Å². The topological polar surface area (TPSA) is 41.6 Å². The number of halogens is 1. The summed E-state index contributed by atoms with van der Waals surface area (Å²) in [4.78, 5) is 14.4. The van der Waals surface area contributed by atoms with Crippen LogP contribution in [0.1, 0.15) is 37.9 Å². The van der Waals surface area contributed by atoms with E-state index in [4.69, 9.17) is 4.74 Å². The third kappa shape index (κ3) is 1.99. The van der Waals surface area contributed by atoms with Crippen LogP contribution in [-0.4, -0.2) is 35.1 Å². The van der Waals surface area contributed by atoms with Crippen molar-refractivity contribution in [3.63, 3.8) is 0 Å². The highest BCUT2D eigenvalue weighted by Gasteiger charge is 2.50. The quantitative estimate of drug-likeness (QED) is 0.905. The van der Waals surface area contributed by atoms with Crippen molar-refractivity contribution in [2.45, 2.75) is 56.6 Å². The van der Waals surface area contributed by atoms with Gasteiger partial charge in [-0.3, -0.25) is 10.1 Å². The van der Waals surface area contributed by atoms with Gasteiger partial charge in [-0.15, -0.1) is 0 Å². The maximum atomic E-state index is 14.1. The molecule has 5 atom stereocenters. The van der Waals surface area contributed by atoms with E-state index in [9.17, 15) is 9.18 Å². The van der Waals surface area contributed by atoms with Gasteiger partial charge in [0.25, 0.3) is 0 Å². The molecule has 21 heavy (non-hydrogen) atoms. The molecule has 1 amide bonds. The highest BCUT2D eigenvalue weighted by molar-refractivity contribution is 5.84. The van der Waals surface area contributed by atoms with Crippen LogP contribution < -0.4 is 5.32 Å². The standard InChI is InChI=1S/C16H19FN2O2/c1-9-16(20)19(13-8-10-6-7-14(13)21-10)15(18-9)11-4-2-3-5-12(11)17/h2-5,9-10,13-15,18H,6-8H2,1H3.